The van der Waals surface area contributed by atoms with Gasteiger partial charge >= 0.3 is 0 Å². The minimum absolute atomic E-state index is 0.804. The molecule has 1 aromatic rings. The van der Waals surface area contributed by atoms with E-state index in [1.54, 1.807) is 11.8 Å². The van der Waals surface area contributed by atoms with E-state index in [1.165, 1.54) is 21.8 Å². The van der Waals surface area contributed by atoms with Crippen molar-refractivity contribution in [2.24, 2.45) is 4.99 Å². The third-order valence-corrected chi connectivity index (χ3v) is 4.45. The number of aliphatic imine (C=N–C) groups is 1. The molecule has 0 atom stereocenters. The summed E-state index contributed by atoms with van der Waals surface area (Å²) in [5, 5.41) is 6.72. The highest BCUT2D eigenvalue weighted by atomic mass is 32.2. The van der Waals surface area contributed by atoms with Crippen molar-refractivity contribution in [2.75, 3.05) is 31.9 Å². The van der Waals surface area contributed by atoms with E-state index >= 15 is 0 Å². The van der Waals surface area contributed by atoms with Gasteiger partial charge < -0.3 is 10.6 Å². The van der Waals surface area contributed by atoms with Crippen molar-refractivity contribution in [1.82, 2.24) is 10.6 Å². The summed E-state index contributed by atoms with van der Waals surface area (Å²) in [6.45, 7) is 3.89. The van der Waals surface area contributed by atoms with Crippen LogP contribution >= 0.6 is 23.5 Å². The van der Waals surface area contributed by atoms with Crippen LogP contribution < -0.4 is 10.6 Å². The maximum atomic E-state index is 4.25. The van der Waals surface area contributed by atoms with Crippen molar-refractivity contribution >= 4 is 29.5 Å². The minimum atomic E-state index is 0.804. The van der Waals surface area contributed by atoms with Gasteiger partial charge in [-0.1, -0.05) is 12.1 Å². The maximum Gasteiger partial charge on any atom is 0.191 e. The van der Waals surface area contributed by atoms with Gasteiger partial charge in [0.1, 0.15) is 0 Å². The molecule has 20 heavy (non-hydrogen) atoms. The van der Waals surface area contributed by atoms with Gasteiger partial charge in [-0.3, -0.25) is 4.99 Å². The SMILES string of the molecule is CN=C(NCCCSC)NCc1ccc(C)cc1SC. The third-order valence-electron chi connectivity index (χ3n) is 2.93. The fourth-order valence-electron chi connectivity index (χ4n) is 1.82. The fourth-order valence-corrected chi connectivity index (χ4v) is 2.96. The second-order valence-electron chi connectivity index (χ2n) is 4.51. The predicted molar refractivity (Wildman–Crippen MR) is 94.2 cm³/mol. The van der Waals surface area contributed by atoms with Gasteiger partial charge in [0.2, 0.25) is 0 Å². The lowest BCUT2D eigenvalue weighted by atomic mass is 10.1. The summed E-state index contributed by atoms with van der Waals surface area (Å²) in [6.07, 6.45) is 5.41. The highest BCUT2D eigenvalue weighted by Crippen LogP contribution is 2.21. The topological polar surface area (TPSA) is 36.4 Å². The Balaban J connectivity index is 2.48. The highest BCUT2D eigenvalue weighted by molar-refractivity contribution is 7.98. The Morgan fingerprint density at radius 1 is 1.25 bits per heavy atom. The molecule has 0 heterocycles. The Labute approximate surface area is 131 Å². The number of nitrogens with one attached hydrogen (secondary N) is 2. The summed E-state index contributed by atoms with van der Waals surface area (Å²) in [4.78, 5) is 5.58. The quantitative estimate of drug-likeness (QED) is 0.351. The first-order valence-corrected chi connectivity index (χ1v) is 9.40. The first-order valence-electron chi connectivity index (χ1n) is 6.78. The molecule has 0 aliphatic carbocycles. The molecule has 0 fully saturated rings. The number of hydrogen-bond acceptors (Lipinski definition) is 3. The van der Waals surface area contributed by atoms with Gasteiger partial charge in [0.15, 0.2) is 5.96 Å². The number of thioether (sulfide) groups is 2. The van der Waals surface area contributed by atoms with Crippen LogP contribution in [0, 0.1) is 6.92 Å². The first kappa shape index (κ1) is 17.2. The molecule has 0 saturated heterocycles. The summed E-state index contributed by atoms with van der Waals surface area (Å²) < 4.78 is 0. The molecule has 1 aromatic carbocycles. The Morgan fingerprint density at radius 3 is 2.70 bits per heavy atom. The first-order chi connectivity index (χ1) is 9.71. The molecule has 0 aliphatic rings. The summed E-state index contributed by atoms with van der Waals surface area (Å²) >= 11 is 3.66. The van der Waals surface area contributed by atoms with Crippen LogP contribution in [-0.2, 0) is 6.54 Å². The predicted octanol–water partition coefficient (Wildman–Crippen LogP) is 3.14. The molecule has 1 rings (SSSR count). The van der Waals surface area contributed by atoms with Gasteiger partial charge in [-0.15, -0.1) is 11.8 Å². The van der Waals surface area contributed by atoms with E-state index in [-0.39, 0.29) is 0 Å². The number of aryl methyl sites for hydroxylation is 1. The standard InChI is InChI=1S/C15H25N3S2/c1-12-6-7-13(14(10-12)20-4)11-18-15(16-2)17-8-5-9-19-3/h6-7,10H,5,8-9,11H2,1-4H3,(H2,16,17,18). The molecule has 0 aliphatic heterocycles. The van der Waals surface area contributed by atoms with Gasteiger partial charge in [0.05, 0.1) is 0 Å². The van der Waals surface area contributed by atoms with Gasteiger partial charge in [-0.05, 0) is 48.8 Å². The van der Waals surface area contributed by atoms with Crippen LogP contribution in [0.1, 0.15) is 17.5 Å². The summed E-state index contributed by atoms with van der Waals surface area (Å²) in [5.74, 6) is 2.05. The monoisotopic (exact) mass is 311 g/mol. The molecule has 0 bridgehead atoms. The van der Waals surface area contributed by atoms with Crippen LogP contribution in [0.5, 0.6) is 0 Å². The largest absolute Gasteiger partial charge is 0.356 e. The van der Waals surface area contributed by atoms with E-state index in [0.29, 0.717) is 0 Å². The van der Waals surface area contributed by atoms with Crippen molar-refractivity contribution in [3.8, 4) is 0 Å². The molecule has 3 nitrogen and oxygen atoms in total. The van der Waals surface area contributed by atoms with Crippen LogP contribution in [0.3, 0.4) is 0 Å². The molecule has 2 N–H and O–H groups in total. The van der Waals surface area contributed by atoms with E-state index in [4.69, 9.17) is 0 Å². The lowest BCUT2D eigenvalue weighted by Crippen LogP contribution is -2.37. The Bertz CT molecular complexity index is 433. The van der Waals surface area contributed by atoms with E-state index in [2.05, 4.69) is 53.3 Å². The van der Waals surface area contributed by atoms with E-state index in [0.717, 1.165) is 25.5 Å². The number of rotatable bonds is 7. The summed E-state index contributed by atoms with van der Waals surface area (Å²) in [6, 6.07) is 6.58. The van der Waals surface area contributed by atoms with Gasteiger partial charge in [0.25, 0.3) is 0 Å². The third kappa shape index (κ3) is 6.09. The molecule has 112 valence electrons. The average molecular weight is 312 g/mol. The fraction of sp³-hybridized carbons (Fsp3) is 0.533. The Kier molecular flexibility index (Phi) is 8.62. The zero-order valence-electron chi connectivity index (χ0n) is 12.8. The van der Waals surface area contributed by atoms with E-state index in [1.807, 2.05) is 18.8 Å². The molecule has 0 unspecified atom stereocenters. The number of benzene rings is 1. The zero-order valence-corrected chi connectivity index (χ0v) is 14.5. The number of hydrogen-bond donors (Lipinski definition) is 2. The molecule has 0 amide bonds. The van der Waals surface area contributed by atoms with E-state index in [9.17, 15) is 0 Å². The van der Waals surface area contributed by atoms with Crippen LogP contribution in [0.25, 0.3) is 0 Å². The van der Waals surface area contributed by atoms with Gasteiger partial charge in [0, 0.05) is 25.0 Å². The Morgan fingerprint density at radius 2 is 2.05 bits per heavy atom. The molecular weight excluding hydrogens is 286 g/mol. The normalized spacial score (nSPS) is 11.5. The van der Waals surface area contributed by atoms with Crippen molar-refractivity contribution in [3.63, 3.8) is 0 Å². The van der Waals surface area contributed by atoms with Crippen molar-refractivity contribution in [1.29, 1.82) is 0 Å². The highest BCUT2D eigenvalue weighted by Gasteiger charge is 2.03. The molecular formula is C15H25N3S2. The van der Waals surface area contributed by atoms with Crippen LogP contribution in [0.2, 0.25) is 0 Å². The number of guanidine groups is 1. The van der Waals surface area contributed by atoms with Crippen LogP contribution in [-0.4, -0.2) is 37.8 Å². The van der Waals surface area contributed by atoms with Crippen molar-refractivity contribution in [3.05, 3.63) is 29.3 Å². The maximum absolute atomic E-state index is 4.25. The Hall–Kier alpha value is -0.810. The molecule has 0 radical (unpaired) electrons. The molecule has 0 aromatic heterocycles. The summed E-state index contributed by atoms with van der Waals surface area (Å²) in [5.41, 5.74) is 2.62. The second kappa shape index (κ2) is 10.00. The molecule has 5 heteroatoms. The summed E-state index contributed by atoms with van der Waals surface area (Å²) in [7, 11) is 1.81. The van der Waals surface area contributed by atoms with Gasteiger partial charge in [-0.2, -0.15) is 11.8 Å². The zero-order chi connectivity index (χ0) is 14.8. The lowest BCUT2D eigenvalue weighted by Gasteiger charge is -2.14. The molecule has 0 saturated carbocycles. The average Bonchev–Trinajstić information content (AvgIpc) is 2.47. The lowest BCUT2D eigenvalue weighted by molar-refractivity contribution is 0.780. The van der Waals surface area contributed by atoms with Crippen molar-refractivity contribution < 1.29 is 0 Å². The van der Waals surface area contributed by atoms with Crippen LogP contribution in [0.4, 0.5) is 0 Å². The second-order valence-corrected chi connectivity index (χ2v) is 6.35. The smallest absolute Gasteiger partial charge is 0.191 e. The van der Waals surface area contributed by atoms with Crippen molar-refractivity contribution in [2.45, 2.75) is 24.8 Å². The molecule has 0 spiro atoms. The van der Waals surface area contributed by atoms with Gasteiger partial charge in [-0.25, -0.2) is 0 Å². The van der Waals surface area contributed by atoms with Crippen LogP contribution in [0.15, 0.2) is 28.1 Å². The number of nitrogens with zero attached hydrogens (tertiary/aromatic N) is 1. The van der Waals surface area contributed by atoms with E-state index < -0.39 is 0 Å². The minimum Gasteiger partial charge on any atom is -0.356 e.